The molecule has 2 aromatic rings. The van der Waals surface area contributed by atoms with E-state index in [0.29, 0.717) is 29.5 Å². The average Bonchev–Trinajstić information content (AvgIpc) is 3.15. The van der Waals surface area contributed by atoms with Crippen molar-refractivity contribution in [3.05, 3.63) is 22.5 Å². The molecule has 4 rings (SSSR count). The van der Waals surface area contributed by atoms with Crippen LogP contribution in [0.3, 0.4) is 0 Å². The molecule has 2 aromatic heterocycles. The van der Waals surface area contributed by atoms with E-state index in [9.17, 15) is 0 Å². The number of hydrogen-bond acceptors (Lipinski definition) is 7. The van der Waals surface area contributed by atoms with Crippen LogP contribution in [0.4, 0.5) is 5.82 Å². The third-order valence-corrected chi connectivity index (χ3v) is 7.83. The first kappa shape index (κ1) is 20.0. The van der Waals surface area contributed by atoms with Gasteiger partial charge in [-0.05, 0) is 54.8 Å². The molecule has 1 saturated heterocycles. The van der Waals surface area contributed by atoms with Crippen molar-refractivity contribution >= 4 is 44.7 Å². The lowest BCUT2D eigenvalue weighted by molar-refractivity contribution is 0.0858. The van der Waals surface area contributed by atoms with Crippen LogP contribution in [0.15, 0.2) is 21.2 Å². The van der Waals surface area contributed by atoms with E-state index in [-0.39, 0.29) is 0 Å². The standard InChI is InChI=1S/C20H26BrN5OS/c1-13-12-25(7-8-26(13)28-2)15-5-3-14(4-6-15)24-20-19(21)17-9-16(10-22)27-18(17)11-23-20/h9,11,13-15H,3-8,12H2,1-2H3,(H,23,24). The summed E-state index contributed by atoms with van der Waals surface area (Å²) in [4.78, 5) is 7.20. The van der Waals surface area contributed by atoms with E-state index in [1.807, 2.05) is 18.0 Å². The zero-order valence-electron chi connectivity index (χ0n) is 16.3. The highest BCUT2D eigenvalue weighted by atomic mass is 79.9. The molecule has 1 N–H and O–H groups in total. The molecule has 150 valence electrons. The first-order valence-electron chi connectivity index (χ1n) is 9.88. The molecular weight excluding hydrogens is 438 g/mol. The minimum atomic E-state index is 0.311. The summed E-state index contributed by atoms with van der Waals surface area (Å²) in [5, 5.41) is 13.5. The second-order valence-electron chi connectivity index (χ2n) is 7.74. The number of piperazine rings is 1. The van der Waals surface area contributed by atoms with Gasteiger partial charge in [0.25, 0.3) is 0 Å². The number of nitrogens with one attached hydrogen (secondary N) is 1. The Morgan fingerprint density at radius 2 is 2.11 bits per heavy atom. The molecule has 2 fully saturated rings. The topological polar surface area (TPSA) is 68.3 Å². The number of furan rings is 1. The van der Waals surface area contributed by atoms with Gasteiger partial charge in [-0.15, -0.1) is 0 Å². The monoisotopic (exact) mass is 463 g/mol. The van der Waals surface area contributed by atoms with Crippen molar-refractivity contribution in [2.45, 2.75) is 50.7 Å². The van der Waals surface area contributed by atoms with Crippen LogP contribution in [0, 0.1) is 11.3 Å². The first-order chi connectivity index (χ1) is 13.6. The molecule has 6 nitrogen and oxygen atoms in total. The van der Waals surface area contributed by atoms with Gasteiger partial charge in [-0.3, -0.25) is 4.90 Å². The maximum Gasteiger partial charge on any atom is 0.204 e. The molecule has 0 amide bonds. The fourth-order valence-electron chi connectivity index (χ4n) is 4.49. The van der Waals surface area contributed by atoms with E-state index < -0.39 is 0 Å². The molecule has 1 aliphatic carbocycles. The summed E-state index contributed by atoms with van der Waals surface area (Å²) in [6.07, 6.45) is 8.64. The Morgan fingerprint density at radius 1 is 1.32 bits per heavy atom. The molecule has 0 radical (unpaired) electrons. The average molecular weight is 464 g/mol. The number of nitriles is 1. The van der Waals surface area contributed by atoms with Gasteiger partial charge in [-0.1, -0.05) is 11.9 Å². The maximum atomic E-state index is 9.03. The molecule has 28 heavy (non-hydrogen) atoms. The van der Waals surface area contributed by atoms with E-state index in [4.69, 9.17) is 9.68 Å². The van der Waals surface area contributed by atoms with Crippen LogP contribution in [-0.2, 0) is 0 Å². The van der Waals surface area contributed by atoms with Gasteiger partial charge in [0.1, 0.15) is 11.9 Å². The third-order valence-electron chi connectivity index (χ3n) is 6.01. The van der Waals surface area contributed by atoms with Crippen LogP contribution in [0.25, 0.3) is 11.0 Å². The fraction of sp³-hybridized carbons (Fsp3) is 0.600. The van der Waals surface area contributed by atoms with Crippen LogP contribution in [0.2, 0.25) is 0 Å². The molecule has 1 atom stereocenters. The molecule has 0 aromatic carbocycles. The number of fused-ring (bicyclic) bond motifs is 1. The smallest absolute Gasteiger partial charge is 0.204 e. The molecular formula is C20H26BrN5OS. The summed E-state index contributed by atoms with van der Waals surface area (Å²) >= 11 is 5.51. The lowest BCUT2D eigenvalue weighted by Crippen LogP contribution is -2.53. The zero-order valence-corrected chi connectivity index (χ0v) is 18.7. The van der Waals surface area contributed by atoms with Crippen LogP contribution in [-0.4, -0.2) is 58.2 Å². The lowest BCUT2D eigenvalue weighted by Gasteiger charge is -2.44. The normalized spacial score (nSPS) is 27.0. The predicted molar refractivity (Wildman–Crippen MR) is 117 cm³/mol. The predicted octanol–water partition coefficient (Wildman–Crippen LogP) is 4.47. The summed E-state index contributed by atoms with van der Waals surface area (Å²) in [7, 11) is 0. The van der Waals surface area contributed by atoms with Gasteiger partial charge in [0, 0.05) is 49.2 Å². The Bertz CT molecular complexity index is 873. The summed E-state index contributed by atoms with van der Waals surface area (Å²) in [6, 6.07) is 5.57. The van der Waals surface area contributed by atoms with Crippen molar-refractivity contribution in [3.8, 4) is 6.07 Å². The second kappa shape index (κ2) is 8.62. The van der Waals surface area contributed by atoms with Gasteiger partial charge in [0.15, 0.2) is 5.58 Å². The van der Waals surface area contributed by atoms with E-state index in [0.717, 1.165) is 35.1 Å². The number of nitrogens with zero attached hydrogens (tertiary/aromatic N) is 4. The summed E-state index contributed by atoms with van der Waals surface area (Å²) < 4.78 is 8.83. The molecule has 2 aliphatic rings. The lowest BCUT2D eigenvalue weighted by atomic mass is 9.89. The van der Waals surface area contributed by atoms with Crippen molar-refractivity contribution < 1.29 is 4.42 Å². The van der Waals surface area contributed by atoms with Crippen LogP contribution in [0.5, 0.6) is 0 Å². The Labute approximate surface area is 178 Å². The van der Waals surface area contributed by atoms with Gasteiger partial charge in [0.2, 0.25) is 5.76 Å². The van der Waals surface area contributed by atoms with Crippen molar-refractivity contribution in [2.75, 3.05) is 31.2 Å². The number of aromatic nitrogens is 1. The number of rotatable bonds is 4. The highest BCUT2D eigenvalue weighted by molar-refractivity contribution is 9.10. The third kappa shape index (κ3) is 4.04. The highest BCUT2D eigenvalue weighted by Crippen LogP contribution is 2.34. The van der Waals surface area contributed by atoms with Crippen molar-refractivity contribution in [2.24, 2.45) is 0 Å². The van der Waals surface area contributed by atoms with E-state index in [1.165, 1.54) is 25.9 Å². The number of hydrogen-bond donors (Lipinski definition) is 1. The van der Waals surface area contributed by atoms with Crippen LogP contribution in [0.1, 0.15) is 38.4 Å². The minimum Gasteiger partial charge on any atom is -0.444 e. The van der Waals surface area contributed by atoms with Crippen molar-refractivity contribution in [1.82, 2.24) is 14.2 Å². The van der Waals surface area contributed by atoms with E-state index in [1.54, 1.807) is 12.3 Å². The number of halogens is 1. The molecule has 1 saturated carbocycles. The summed E-state index contributed by atoms with van der Waals surface area (Å²) in [5.74, 6) is 1.15. The van der Waals surface area contributed by atoms with E-state index >= 15 is 0 Å². The largest absolute Gasteiger partial charge is 0.444 e. The van der Waals surface area contributed by atoms with E-state index in [2.05, 4.69) is 48.6 Å². The molecule has 3 heterocycles. The SMILES string of the molecule is CSN1CCN(C2CCC(Nc3ncc4oc(C#N)cc4c3Br)CC2)CC1C. The fourth-order valence-corrected chi connectivity index (χ4v) is 5.70. The molecule has 8 heteroatoms. The second-order valence-corrected chi connectivity index (χ2v) is 9.37. The summed E-state index contributed by atoms with van der Waals surface area (Å²) in [6.45, 7) is 5.85. The quantitative estimate of drug-likeness (QED) is 0.670. The van der Waals surface area contributed by atoms with Crippen molar-refractivity contribution in [1.29, 1.82) is 5.26 Å². The number of pyridine rings is 1. The Hall–Kier alpha value is -1.27. The maximum absolute atomic E-state index is 9.03. The van der Waals surface area contributed by atoms with Crippen molar-refractivity contribution in [3.63, 3.8) is 0 Å². The minimum absolute atomic E-state index is 0.311. The Balaban J connectivity index is 1.35. The molecule has 0 bridgehead atoms. The Morgan fingerprint density at radius 3 is 2.79 bits per heavy atom. The first-order valence-corrected chi connectivity index (χ1v) is 11.9. The molecule has 1 unspecified atom stereocenters. The highest BCUT2D eigenvalue weighted by Gasteiger charge is 2.31. The van der Waals surface area contributed by atoms with Gasteiger partial charge in [-0.25, -0.2) is 9.29 Å². The molecule has 1 aliphatic heterocycles. The van der Waals surface area contributed by atoms with Gasteiger partial charge in [-0.2, -0.15) is 5.26 Å². The zero-order chi connectivity index (χ0) is 19.7. The number of anilines is 1. The summed E-state index contributed by atoms with van der Waals surface area (Å²) in [5.41, 5.74) is 0.635. The Kier molecular flexibility index (Phi) is 6.16. The van der Waals surface area contributed by atoms with Gasteiger partial charge >= 0.3 is 0 Å². The van der Waals surface area contributed by atoms with Gasteiger partial charge in [0.05, 0.1) is 10.7 Å². The van der Waals surface area contributed by atoms with Crippen LogP contribution >= 0.6 is 27.9 Å². The van der Waals surface area contributed by atoms with Gasteiger partial charge < -0.3 is 9.73 Å². The molecule has 0 spiro atoms. The van der Waals surface area contributed by atoms with Crippen LogP contribution < -0.4 is 5.32 Å².